The van der Waals surface area contributed by atoms with Gasteiger partial charge in [0, 0.05) is 12.3 Å². The van der Waals surface area contributed by atoms with Crippen molar-refractivity contribution in [1.82, 2.24) is 5.43 Å². The van der Waals surface area contributed by atoms with Gasteiger partial charge in [0.15, 0.2) is 0 Å². The van der Waals surface area contributed by atoms with Gasteiger partial charge in [0.1, 0.15) is 0 Å². The average molecular weight is 232 g/mol. The fraction of sp³-hybridized carbons (Fsp3) is 0.250. The van der Waals surface area contributed by atoms with Crippen LogP contribution in [0, 0.1) is 5.92 Å². The lowest BCUT2D eigenvalue weighted by molar-refractivity contribution is -0.124. The monoisotopic (exact) mass is 232 g/mol. The summed E-state index contributed by atoms with van der Waals surface area (Å²) in [6, 6.07) is 6.46. The second kappa shape index (κ2) is 4.37. The number of hydrogen-bond acceptors (Lipinski definition) is 3. The van der Waals surface area contributed by atoms with Crippen molar-refractivity contribution in [3.8, 4) is 0 Å². The molecule has 1 heterocycles. The van der Waals surface area contributed by atoms with Crippen LogP contribution in [0.2, 0.25) is 0 Å². The minimum absolute atomic E-state index is 0.0871. The summed E-state index contributed by atoms with van der Waals surface area (Å²) in [4.78, 5) is 21.9. The third-order valence-electron chi connectivity index (χ3n) is 2.71. The number of carbonyl (C=O) groups is 2. The first-order chi connectivity index (χ1) is 8.08. The number of rotatable bonds is 2. The van der Waals surface area contributed by atoms with E-state index in [9.17, 15) is 9.59 Å². The molecule has 0 radical (unpaired) electrons. The molecule has 1 aromatic carbocycles. The molecule has 1 aliphatic heterocycles. The molecule has 0 aromatic heterocycles. The number of nitrogens with zero attached hydrogens (tertiary/aromatic N) is 1. The highest BCUT2D eigenvalue weighted by Gasteiger charge is 2.21. The van der Waals surface area contributed by atoms with Crippen LogP contribution in [0.4, 0.5) is 0 Å². The smallest absolute Gasteiger partial charge is 0.335 e. The first-order valence-corrected chi connectivity index (χ1v) is 5.28. The molecule has 0 saturated carbocycles. The molecule has 88 valence electrons. The number of carboxylic acids is 1. The highest BCUT2D eigenvalue weighted by molar-refractivity contribution is 6.05. The predicted octanol–water partition coefficient (Wildman–Crippen LogP) is 1.24. The van der Waals surface area contributed by atoms with E-state index in [0.717, 1.165) is 11.3 Å². The van der Waals surface area contributed by atoms with Crippen LogP contribution in [0.15, 0.2) is 29.4 Å². The van der Waals surface area contributed by atoms with Crippen molar-refractivity contribution in [3.63, 3.8) is 0 Å². The first kappa shape index (κ1) is 11.3. The molecular weight excluding hydrogens is 220 g/mol. The third kappa shape index (κ3) is 2.33. The zero-order chi connectivity index (χ0) is 12.4. The van der Waals surface area contributed by atoms with Crippen LogP contribution in [0.5, 0.6) is 0 Å². The molecule has 0 saturated heterocycles. The number of hydrazone groups is 1. The lowest BCUT2D eigenvalue weighted by atomic mass is 9.96. The van der Waals surface area contributed by atoms with Crippen LogP contribution in [0.1, 0.15) is 29.3 Å². The van der Waals surface area contributed by atoms with Gasteiger partial charge >= 0.3 is 5.97 Å². The Labute approximate surface area is 98.1 Å². The second-order valence-electron chi connectivity index (χ2n) is 4.02. The Morgan fingerprint density at radius 1 is 1.41 bits per heavy atom. The quantitative estimate of drug-likeness (QED) is 0.805. The van der Waals surface area contributed by atoms with Crippen molar-refractivity contribution in [2.24, 2.45) is 11.0 Å². The molecule has 0 bridgehead atoms. The highest BCUT2D eigenvalue weighted by Crippen LogP contribution is 2.15. The summed E-state index contributed by atoms with van der Waals surface area (Å²) in [5, 5.41) is 12.8. The summed E-state index contributed by atoms with van der Waals surface area (Å²) in [7, 11) is 0. The maximum Gasteiger partial charge on any atom is 0.335 e. The lowest BCUT2D eigenvalue weighted by Gasteiger charge is -2.17. The molecule has 2 N–H and O–H groups in total. The molecular formula is C12H12N2O3. The number of carboxylic acid groups (broad SMARTS) is 1. The van der Waals surface area contributed by atoms with E-state index in [2.05, 4.69) is 10.5 Å². The molecule has 17 heavy (non-hydrogen) atoms. The van der Waals surface area contributed by atoms with E-state index >= 15 is 0 Å². The van der Waals surface area contributed by atoms with Gasteiger partial charge in [-0.15, -0.1) is 0 Å². The Hall–Kier alpha value is -2.17. The van der Waals surface area contributed by atoms with Crippen molar-refractivity contribution < 1.29 is 14.7 Å². The molecule has 0 spiro atoms. The van der Waals surface area contributed by atoms with Gasteiger partial charge in [-0.3, -0.25) is 4.79 Å². The fourth-order valence-corrected chi connectivity index (χ4v) is 1.65. The van der Waals surface area contributed by atoms with Crippen LogP contribution in [-0.2, 0) is 4.79 Å². The van der Waals surface area contributed by atoms with Crippen LogP contribution in [-0.4, -0.2) is 22.7 Å². The molecule has 1 unspecified atom stereocenters. The predicted molar refractivity (Wildman–Crippen MR) is 61.9 cm³/mol. The Balaban J connectivity index is 2.24. The number of amides is 1. The molecule has 0 aliphatic carbocycles. The van der Waals surface area contributed by atoms with Gasteiger partial charge in [-0.1, -0.05) is 19.1 Å². The number of carbonyl (C=O) groups excluding carboxylic acids is 1. The highest BCUT2D eigenvalue weighted by atomic mass is 16.4. The van der Waals surface area contributed by atoms with E-state index in [1.807, 2.05) is 6.92 Å². The molecule has 1 atom stereocenters. The number of benzene rings is 1. The maximum absolute atomic E-state index is 11.2. The molecule has 2 rings (SSSR count). The largest absolute Gasteiger partial charge is 0.478 e. The molecule has 1 amide bonds. The van der Waals surface area contributed by atoms with E-state index in [1.54, 1.807) is 12.1 Å². The lowest BCUT2D eigenvalue weighted by Crippen LogP contribution is -2.33. The number of aromatic carboxylic acids is 1. The average Bonchev–Trinajstić information content (AvgIpc) is 2.33. The first-order valence-electron chi connectivity index (χ1n) is 5.28. The van der Waals surface area contributed by atoms with E-state index in [1.165, 1.54) is 12.1 Å². The Morgan fingerprint density at radius 3 is 2.59 bits per heavy atom. The zero-order valence-electron chi connectivity index (χ0n) is 9.30. The fourth-order valence-electron chi connectivity index (χ4n) is 1.65. The van der Waals surface area contributed by atoms with Crippen molar-refractivity contribution in [3.05, 3.63) is 35.4 Å². The minimum Gasteiger partial charge on any atom is -0.478 e. The topological polar surface area (TPSA) is 78.8 Å². The molecule has 5 heteroatoms. The summed E-state index contributed by atoms with van der Waals surface area (Å²) < 4.78 is 0. The minimum atomic E-state index is -0.955. The van der Waals surface area contributed by atoms with E-state index in [-0.39, 0.29) is 17.4 Å². The van der Waals surface area contributed by atoms with Gasteiger partial charge < -0.3 is 5.11 Å². The summed E-state index contributed by atoms with van der Waals surface area (Å²) in [5.41, 5.74) is 4.30. The van der Waals surface area contributed by atoms with Crippen molar-refractivity contribution in [2.75, 3.05) is 0 Å². The van der Waals surface area contributed by atoms with Crippen molar-refractivity contribution in [2.45, 2.75) is 13.3 Å². The second-order valence-corrected chi connectivity index (χ2v) is 4.02. The van der Waals surface area contributed by atoms with E-state index < -0.39 is 5.97 Å². The van der Waals surface area contributed by atoms with Gasteiger partial charge in [-0.2, -0.15) is 5.10 Å². The summed E-state index contributed by atoms with van der Waals surface area (Å²) in [6.45, 7) is 1.83. The third-order valence-corrected chi connectivity index (χ3v) is 2.71. The number of hydrogen-bond donors (Lipinski definition) is 2. The van der Waals surface area contributed by atoms with Crippen LogP contribution >= 0.6 is 0 Å². The number of nitrogens with one attached hydrogen (secondary N) is 1. The molecule has 5 nitrogen and oxygen atoms in total. The van der Waals surface area contributed by atoms with Crippen molar-refractivity contribution >= 4 is 17.6 Å². The maximum atomic E-state index is 11.2. The van der Waals surface area contributed by atoms with E-state index in [0.29, 0.717) is 6.42 Å². The van der Waals surface area contributed by atoms with Crippen LogP contribution in [0.3, 0.4) is 0 Å². The normalized spacial score (nSPS) is 19.5. The summed E-state index contributed by atoms with van der Waals surface area (Å²) in [5.74, 6) is -1.15. The zero-order valence-corrected chi connectivity index (χ0v) is 9.30. The molecule has 1 aromatic rings. The van der Waals surface area contributed by atoms with Gasteiger partial charge in [-0.25, -0.2) is 10.2 Å². The standard InChI is InChI=1S/C12H12N2O3/c1-7-6-10(13-14-11(7)15)8-2-4-9(5-3-8)12(16)17/h2-5,7H,6H2,1H3,(H,14,15)(H,16,17). The summed E-state index contributed by atoms with van der Waals surface area (Å²) in [6.07, 6.45) is 0.568. The molecule has 0 fully saturated rings. The van der Waals surface area contributed by atoms with Gasteiger partial charge in [0.05, 0.1) is 11.3 Å². The van der Waals surface area contributed by atoms with Gasteiger partial charge in [0.2, 0.25) is 5.91 Å². The SMILES string of the molecule is CC1CC(c2ccc(C(=O)O)cc2)=NNC1=O. The molecule has 1 aliphatic rings. The summed E-state index contributed by atoms with van der Waals surface area (Å²) >= 11 is 0. The van der Waals surface area contributed by atoms with Gasteiger partial charge in [0.25, 0.3) is 0 Å². The van der Waals surface area contributed by atoms with Crippen LogP contribution < -0.4 is 5.43 Å². The van der Waals surface area contributed by atoms with Crippen LogP contribution in [0.25, 0.3) is 0 Å². The van der Waals surface area contributed by atoms with Crippen molar-refractivity contribution in [1.29, 1.82) is 0 Å². The Morgan fingerprint density at radius 2 is 2.06 bits per heavy atom. The van der Waals surface area contributed by atoms with Gasteiger partial charge in [-0.05, 0) is 17.7 Å². The Kier molecular flexibility index (Phi) is 2.91. The Bertz CT molecular complexity index is 491. The van der Waals surface area contributed by atoms with E-state index in [4.69, 9.17) is 5.11 Å².